The van der Waals surface area contributed by atoms with Gasteiger partial charge in [-0.05, 0) is 6.08 Å². The minimum atomic E-state index is -0.0979. The maximum Gasteiger partial charge on any atom is 0.222 e. The van der Waals surface area contributed by atoms with Gasteiger partial charge in [0.25, 0.3) is 0 Å². The fourth-order valence-electron chi connectivity index (χ4n) is 0.552. The molecule has 1 aliphatic rings. The lowest BCUT2D eigenvalue weighted by molar-refractivity contribution is -0.118. The molecular formula is C5H8N2O2. The minimum Gasteiger partial charge on any atom is -0.311 e. The van der Waals surface area contributed by atoms with E-state index in [1.807, 2.05) is 0 Å². The van der Waals surface area contributed by atoms with Gasteiger partial charge in [0.05, 0.1) is 6.61 Å². The van der Waals surface area contributed by atoms with Crippen molar-refractivity contribution in [3.05, 3.63) is 11.9 Å². The van der Waals surface area contributed by atoms with E-state index in [-0.39, 0.29) is 5.91 Å². The van der Waals surface area contributed by atoms with Crippen molar-refractivity contribution in [1.29, 1.82) is 0 Å². The first kappa shape index (κ1) is 6.10. The molecule has 0 aliphatic carbocycles. The standard InChI is InChI=1S/C5H8N2O2/c1-4(8)6-5-2-3-9-7-5/h2,7H,3H2,1H3,(H,6,8). The van der Waals surface area contributed by atoms with Gasteiger partial charge in [-0.2, -0.15) is 0 Å². The van der Waals surface area contributed by atoms with Crippen LogP contribution in [0.15, 0.2) is 11.9 Å². The molecule has 4 nitrogen and oxygen atoms in total. The van der Waals surface area contributed by atoms with Gasteiger partial charge < -0.3 is 5.32 Å². The van der Waals surface area contributed by atoms with Crippen molar-refractivity contribution >= 4 is 5.91 Å². The Morgan fingerprint density at radius 3 is 3.22 bits per heavy atom. The molecule has 0 spiro atoms. The minimum absolute atomic E-state index is 0.0979. The van der Waals surface area contributed by atoms with Gasteiger partial charge in [-0.1, -0.05) is 0 Å². The van der Waals surface area contributed by atoms with Crippen LogP contribution >= 0.6 is 0 Å². The topological polar surface area (TPSA) is 50.4 Å². The molecule has 1 rings (SSSR count). The van der Waals surface area contributed by atoms with Crippen molar-refractivity contribution in [3.63, 3.8) is 0 Å². The van der Waals surface area contributed by atoms with Gasteiger partial charge >= 0.3 is 0 Å². The Bertz CT molecular complexity index is 153. The van der Waals surface area contributed by atoms with Crippen molar-refractivity contribution in [2.75, 3.05) is 6.61 Å². The van der Waals surface area contributed by atoms with Gasteiger partial charge in [-0.3, -0.25) is 15.1 Å². The zero-order chi connectivity index (χ0) is 6.69. The van der Waals surface area contributed by atoms with Crippen LogP contribution in [0.2, 0.25) is 0 Å². The summed E-state index contributed by atoms with van der Waals surface area (Å²) in [5, 5.41) is 2.53. The van der Waals surface area contributed by atoms with E-state index in [4.69, 9.17) is 4.84 Å². The Morgan fingerprint density at radius 2 is 2.78 bits per heavy atom. The van der Waals surface area contributed by atoms with Crippen LogP contribution in [0.25, 0.3) is 0 Å². The molecule has 0 aromatic heterocycles. The van der Waals surface area contributed by atoms with Crippen LogP contribution < -0.4 is 10.8 Å². The molecule has 0 unspecified atom stereocenters. The normalized spacial score (nSPS) is 16.3. The molecule has 0 saturated heterocycles. The summed E-state index contributed by atoms with van der Waals surface area (Å²) < 4.78 is 0. The summed E-state index contributed by atoms with van der Waals surface area (Å²) in [5.41, 5.74) is 2.52. The molecule has 0 bridgehead atoms. The summed E-state index contributed by atoms with van der Waals surface area (Å²) in [4.78, 5) is 15.1. The predicted molar refractivity (Wildman–Crippen MR) is 31.0 cm³/mol. The summed E-state index contributed by atoms with van der Waals surface area (Å²) in [6.45, 7) is 1.95. The second kappa shape index (κ2) is 2.50. The van der Waals surface area contributed by atoms with E-state index in [0.29, 0.717) is 12.4 Å². The molecule has 50 valence electrons. The highest BCUT2D eigenvalue weighted by Gasteiger charge is 2.02. The third kappa shape index (κ3) is 1.73. The molecule has 0 radical (unpaired) electrons. The van der Waals surface area contributed by atoms with Crippen LogP contribution in [0.3, 0.4) is 0 Å². The Hall–Kier alpha value is -1.03. The van der Waals surface area contributed by atoms with Crippen LogP contribution in [0, 0.1) is 0 Å². The van der Waals surface area contributed by atoms with Crippen LogP contribution in [0.4, 0.5) is 0 Å². The third-order valence-corrected chi connectivity index (χ3v) is 0.864. The van der Waals surface area contributed by atoms with Gasteiger partial charge in [0.2, 0.25) is 5.91 Å². The lowest BCUT2D eigenvalue weighted by atomic mass is 10.6. The quantitative estimate of drug-likeness (QED) is 0.500. The van der Waals surface area contributed by atoms with E-state index in [9.17, 15) is 4.79 Å². The number of hydrogen-bond donors (Lipinski definition) is 2. The summed E-state index contributed by atoms with van der Waals surface area (Å²) in [7, 11) is 0. The van der Waals surface area contributed by atoms with Gasteiger partial charge in [0.1, 0.15) is 5.82 Å². The number of rotatable bonds is 1. The number of amides is 1. The highest BCUT2D eigenvalue weighted by atomic mass is 16.7. The van der Waals surface area contributed by atoms with Crippen LogP contribution in [0.5, 0.6) is 0 Å². The fraction of sp³-hybridized carbons (Fsp3) is 0.400. The van der Waals surface area contributed by atoms with E-state index in [2.05, 4.69) is 10.8 Å². The Balaban J connectivity index is 2.35. The number of hydrogen-bond acceptors (Lipinski definition) is 3. The maximum absolute atomic E-state index is 10.4. The molecular weight excluding hydrogens is 120 g/mol. The first-order chi connectivity index (χ1) is 4.29. The largest absolute Gasteiger partial charge is 0.311 e. The summed E-state index contributed by atoms with van der Waals surface area (Å²) >= 11 is 0. The van der Waals surface area contributed by atoms with Crippen LogP contribution in [-0.2, 0) is 9.63 Å². The lowest BCUT2D eigenvalue weighted by Gasteiger charge is -2.00. The fourth-order valence-corrected chi connectivity index (χ4v) is 0.552. The Labute approximate surface area is 52.8 Å². The zero-order valence-corrected chi connectivity index (χ0v) is 5.10. The molecule has 9 heavy (non-hydrogen) atoms. The summed E-state index contributed by atoms with van der Waals surface area (Å²) in [6, 6.07) is 0. The molecule has 1 aliphatic heterocycles. The first-order valence-electron chi connectivity index (χ1n) is 2.64. The molecule has 0 saturated carbocycles. The van der Waals surface area contributed by atoms with E-state index < -0.39 is 0 Å². The van der Waals surface area contributed by atoms with E-state index >= 15 is 0 Å². The monoisotopic (exact) mass is 128 g/mol. The molecule has 0 aromatic rings. The molecule has 1 heterocycles. The van der Waals surface area contributed by atoms with Gasteiger partial charge in [-0.15, -0.1) is 0 Å². The van der Waals surface area contributed by atoms with Crippen molar-refractivity contribution in [2.24, 2.45) is 0 Å². The first-order valence-corrected chi connectivity index (χ1v) is 2.64. The summed E-state index contributed by atoms with van der Waals surface area (Å²) in [6.07, 6.45) is 1.75. The van der Waals surface area contributed by atoms with Crippen molar-refractivity contribution in [3.8, 4) is 0 Å². The molecule has 0 aromatic carbocycles. The molecule has 2 N–H and O–H groups in total. The van der Waals surface area contributed by atoms with Crippen molar-refractivity contribution in [1.82, 2.24) is 10.8 Å². The second-order valence-corrected chi connectivity index (χ2v) is 1.71. The predicted octanol–water partition coefficient (Wildman–Crippen LogP) is -0.501. The third-order valence-electron chi connectivity index (χ3n) is 0.864. The summed E-state index contributed by atoms with van der Waals surface area (Å²) in [5.74, 6) is 0.529. The molecule has 1 amide bonds. The Morgan fingerprint density at radius 1 is 2.00 bits per heavy atom. The van der Waals surface area contributed by atoms with Crippen LogP contribution in [0.1, 0.15) is 6.92 Å². The average molecular weight is 128 g/mol. The lowest BCUT2D eigenvalue weighted by Crippen LogP contribution is -2.25. The van der Waals surface area contributed by atoms with Crippen LogP contribution in [-0.4, -0.2) is 12.5 Å². The van der Waals surface area contributed by atoms with Gasteiger partial charge in [0, 0.05) is 6.92 Å². The van der Waals surface area contributed by atoms with Crippen molar-refractivity contribution in [2.45, 2.75) is 6.92 Å². The number of nitrogens with one attached hydrogen (secondary N) is 2. The highest BCUT2D eigenvalue weighted by Crippen LogP contribution is 1.91. The molecule has 4 heteroatoms. The average Bonchev–Trinajstić information content (AvgIpc) is 2.15. The smallest absolute Gasteiger partial charge is 0.222 e. The second-order valence-electron chi connectivity index (χ2n) is 1.71. The SMILES string of the molecule is CC(=O)NC1=CCON1. The highest BCUT2D eigenvalue weighted by molar-refractivity contribution is 5.74. The number of carbonyl (C=O) groups excluding carboxylic acids is 1. The zero-order valence-electron chi connectivity index (χ0n) is 5.10. The maximum atomic E-state index is 10.4. The van der Waals surface area contributed by atoms with Gasteiger partial charge in [0.15, 0.2) is 0 Å². The van der Waals surface area contributed by atoms with Gasteiger partial charge in [-0.25, -0.2) is 0 Å². The number of carbonyl (C=O) groups is 1. The van der Waals surface area contributed by atoms with E-state index in [0.717, 1.165) is 0 Å². The van der Waals surface area contributed by atoms with Crippen molar-refractivity contribution < 1.29 is 9.63 Å². The Kier molecular flexibility index (Phi) is 1.69. The number of hydroxylamine groups is 1. The molecule has 0 fully saturated rings. The van der Waals surface area contributed by atoms with E-state index in [1.54, 1.807) is 6.08 Å². The molecule has 0 atom stereocenters. The van der Waals surface area contributed by atoms with E-state index in [1.165, 1.54) is 6.92 Å².